The molecule has 0 unspecified atom stereocenters. The van der Waals surface area contributed by atoms with E-state index in [1.54, 1.807) is 0 Å². The lowest BCUT2D eigenvalue weighted by Gasteiger charge is -2.29. The zero-order valence-corrected chi connectivity index (χ0v) is 11.2. The molecule has 96 valence electrons. The number of nitrogens with two attached hydrogens (primary N) is 1. The molecule has 0 aliphatic rings. The number of anilines is 1. The molecule has 1 rings (SSSR count). The van der Waals surface area contributed by atoms with Crippen LogP contribution < -0.4 is 15.4 Å². The van der Waals surface area contributed by atoms with E-state index in [-0.39, 0.29) is 5.41 Å². The number of pyridine rings is 1. The Morgan fingerprint density at radius 2 is 2.12 bits per heavy atom. The van der Waals surface area contributed by atoms with E-state index in [0.29, 0.717) is 19.0 Å². The highest BCUT2D eigenvalue weighted by atomic mass is 16.5. The first-order valence-corrected chi connectivity index (χ1v) is 5.99. The van der Waals surface area contributed by atoms with Gasteiger partial charge >= 0.3 is 0 Å². The van der Waals surface area contributed by atoms with Crippen LogP contribution in [0.25, 0.3) is 0 Å². The van der Waals surface area contributed by atoms with Crippen LogP contribution in [0.4, 0.5) is 5.82 Å². The minimum Gasteiger partial charge on any atom is -0.478 e. The highest BCUT2D eigenvalue weighted by Gasteiger charge is 2.19. The molecule has 0 radical (unpaired) electrons. The van der Waals surface area contributed by atoms with Crippen LogP contribution in [-0.2, 0) is 0 Å². The molecule has 1 heterocycles. The van der Waals surface area contributed by atoms with E-state index in [1.807, 2.05) is 32.2 Å². The largest absolute Gasteiger partial charge is 0.478 e. The lowest BCUT2D eigenvalue weighted by molar-refractivity contribution is 0.326. The van der Waals surface area contributed by atoms with Crippen LogP contribution >= 0.6 is 0 Å². The Bertz CT molecular complexity index is 352. The molecule has 17 heavy (non-hydrogen) atoms. The maximum Gasteiger partial charge on any atom is 0.215 e. The van der Waals surface area contributed by atoms with E-state index in [1.165, 1.54) is 0 Å². The molecule has 0 aliphatic carbocycles. The molecule has 1 aromatic rings. The van der Waals surface area contributed by atoms with Gasteiger partial charge in [-0.3, -0.25) is 0 Å². The summed E-state index contributed by atoms with van der Waals surface area (Å²) < 4.78 is 5.39. The van der Waals surface area contributed by atoms with Crippen molar-refractivity contribution < 1.29 is 4.74 Å². The molecule has 2 N–H and O–H groups in total. The second-order valence-corrected chi connectivity index (χ2v) is 4.99. The average Bonchev–Trinajstić information content (AvgIpc) is 2.29. The van der Waals surface area contributed by atoms with Gasteiger partial charge in [0.25, 0.3) is 0 Å². The van der Waals surface area contributed by atoms with Crippen molar-refractivity contribution in [2.75, 3.05) is 31.6 Å². The minimum atomic E-state index is 0.0814. The lowest BCUT2D eigenvalue weighted by Crippen LogP contribution is -2.37. The maximum atomic E-state index is 5.74. The van der Waals surface area contributed by atoms with Crippen LogP contribution in [0.1, 0.15) is 20.8 Å². The Kier molecular flexibility index (Phi) is 4.75. The SMILES string of the molecule is CCOc1cccc(N(C)CC(C)(C)CN)n1. The van der Waals surface area contributed by atoms with Gasteiger partial charge in [-0.2, -0.15) is 4.98 Å². The van der Waals surface area contributed by atoms with Crippen LogP contribution in [0.5, 0.6) is 5.88 Å². The number of aromatic nitrogens is 1. The van der Waals surface area contributed by atoms with Crippen molar-refractivity contribution in [2.45, 2.75) is 20.8 Å². The quantitative estimate of drug-likeness (QED) is 0.821. The van der Waals surface area contributed by atoms with E-state index in [4.69, 9.17) is 10.5 Å². The van der Waals surface area contributed by atoms with Gasteiger partial charge < -0.3 is 15.4 Å². The maximum absolute atomic E-state index is 5.74. The van der Waals surface area contributed by atoms with E-state index in [0.717, 1.165) is 12.4 Å². The fraction of sp³-hybridized carbons (Fsp3) is 0.615. The number of hydrogen-bond donors (Lipinski definition) is 1. The van der Waals surface area contributed by atoms with Gasteiger partial charge in [0.05, 0.1) is 6.61 Å². The van der Waals surface area contributed by atoms with Crippen molar-refractivity contribution in [3.8, 4) is 5.88 Å². The van der Waals surface area contributed by atoms with Gasteiger partial charge in [-0.15, -0.1) is 0 Å². The van der Waals surface area contributed by atoms with E-state index in [2.05, 4.69) is 23.7 Å². The Labute approximate surface area is 104 Å². The molecule has 0 spiro atoms. The van der Waals surface area contributed by atoms with Gasteiger partial charge in [-0.1, -0.05) is 19.9 Å². The second kappa shape index (κ2) is 5.87. The molecule has 0 bridgehead atoms. The van der Waals surface area contributed by atoms with Gasteiger partial charge in [-0.25, -0.2) is 0 Å². The van der Waals surface area contributed by atoms with Crippen molar-refractivity contribution in [3.63, 3.8) is 0 Å². The average molecular weight is 237 g/mol. The molecule has 0 saturated carbocycles. The van der Waals surface area contributed by atoms with Gasteiger partial charge in [0.1, 0.15) is 5.82 Å². The molecule has 0 atom stereocenters. The monoisotopic (exact) mass is 237 g/mol. The predicted molar refractivity (Wildman–Crippen MR) is 71.5 cm³/mol. The Morgan fingerprint density at radius 1 is 1.41 bits per heavy atom. The third-order valence-corrected chi connectivity index (χ3v) is 2.61. The van der Waals surface area contributed by atoms with Crippen LogP contribution in [0.2, 0.25) is 0 Å². The molecule has 0 fully saturated rings. The van der Waals surface area contributed by atoms with Crippen molar-refractivity contribution >= 4 is 5.82 Å². The topological polar surface area (TPSA) is 51.4 Å². The molecule has 0 saturated heterocycles. The lowest BCUT2D eigenvalue weighted by atomic mass is 9.93. The summed E-state index contributed by atoms with van der Waals surface area (Å²) in [5.74, 6) is 1.58. The minimum absolute atomic E-state index is 0.0814. The van der Waals surface area contributed by atoms with Gasteiger partial charge in [0.15, 0.2) is 0 Å². The van der Waals surface area contributed by atoms with Gasteiger partial charge in [0, 0.05) is 19.7 Å². The molecule has 4 nitrogen and oxygen atoms in total. The summed E-state index contributed by atoms with van der Waals surface area (Å²) in [6.45, 7) is 8.41. The van der Waals surface area contributed by atoms with Crippen molar-refractivity contribution in [3.05, 3.63) is 18.2 Å². The number of hydrogen-bond acceptors (Lipinski definition) is 4. The number of nitrogens with zero attached hydrogens (tertiary/aromatic N) is 2. The molecule has 1 aromatic heterocycles. The molecular formula is C13H23N3O. The van der Waals surface area contributed by atoms with Crippen molar-refractivity contribution in [1.82, 2.24) is 4.98 Å². The summed E-state index contributed by atoms with van der Waals surface area (Å²) in [4.78, 5) is 6.55. The zero-order valence-electron chi connectivity index (χ0n) is 11.2. The Morgan fingerprint density at radius 3 is 2.71 bits per heavy atom. The zero-order chi connectivity index (χ0) is 12.9. The predicted octanol–water partition coefficient (Wildman–Crippen LogP) is 1.90. The van der Waals surface area contributed by atoms with Crippen LogP contribution in [-0.4, -0.2) is 31.7 Å². The summed E-state index contributed by atoms with van der Waals surface area (Å²) >= 11 is 0. The van der Waals surface area contributed by atoms with Gasteiger partial charge in [0.2, 0.25) is 5.88 Å². The summed E-state index contributed by atoms with van der Waals surface area (Å²) in [7, 11) is 2.02. The number of rotatable bonds is 6. The fourth-order valence-corrected chi connectivity index (χ4v) is 1.63. The highest BCUT2D eigenvalue weighted by Crippen LogP contribution is 2.20. The first-order valence-electron chi connectivity index (χ1n) is 5.99. The molecular weight excluding hydrogens is 214 g/mol. The smallest absolute Gasteiger partial charge is 0.215 e. The third kappa shape index (κ3) is 4.23. The van der Waals surface area contributed by atoms with Crippen LogP contribution in [0.15, 0.2) is 18.2 Å². The Hall–Kier alpha value is -1.29. The standard InChI is InChI=1S/C13H23N3O/c1-5-17-12-8-6-7-11(15-12)16(4)10-13(2,3)9-14/h6-8H,5,9-10,14H2,1-4H3. The van der Waals surface area contributed by atoms with Crippen molar-refractivity contribution in [1.29, 1.82) is 0 Å². The summed E-state index contributed by atoms with van der Waals surface area (Å²) in [5, 5.41) is 0. The molecule has 0 aromatic carbocycles. The van der Waals surface area contributed by atoms with E-state index >= 15 is 0 Å². The van der Waals surface area contributed by atoms with Gasteiger partial charge in [-0.05, 0) is 24.9 Å². The Balaban J connectivity index is 2.74. The molecule has 4 heteroatoms. The third-order valence-electron chi connectivity index (χ3n) is 2.61. The summed E-state index contributed by atoms with van der Waals surface area (Å²) in [6, 6.07) is 5.81. The first-order chi connectivity index (χ1) is 7.98. The summed E-state index contributed by atoms with van der Waals surface area (Å²) in [6.07, 6.45) is 0. The highest BCUT2D eigenvalue weighted by molar-refractivity contribution is 5.40. The van der Waals surface area contributed by atoms with E-state index in [9.17, 15) is 0 Å². The van der Waals surface area contributed by atoms with E-state index < -0.39 is 0 Å². The summed E-state index contributed by atoms with van der Waals surface area (Å²) in [5.41, 5.74) is 5.82. The first kappa shape index (κ1) is 13.8. The normalized spacial score (nSPS) is 11.4. The van der Waals surface area contributed by atoms with Crippen LogP contribution in [0.3, 0.4) is 0 Å². The molecule has 0 aliphatic heterocycles. The second-order valence-electron chi connectivity index (χ2n) is 4.99. The van der Waals surface area contributed by atoms with Crippen LogP contribution in [0, 0.1) is 5.41 Å². The number of ether oxygens (including phenoxy) is 1. The fourth-order valence-electron chi connectivity index (χ4n) is 1.63. The molecule has 0 amide bonds. The van der Waals surface area contributed by atoms with Crippen molar-refractivity contribution in [2.24, 2.45) is 11.1 Å².